The van der Waals surface area contributed by atoms with Crippen molar-refractivity contribution in [2.45, 2.75) is 18.7 Å². The Balaban J connectivity index is 2.72. The third kappa shape index (κ3) is 3.15. The molecule has 1 rings (SSSR count). The van der Waals surface area contributed by atoms with Crippen LogP contribution in [0, 0.1) is 6.92 Å². The minimum absolute atomic E-state index is 0.611. The Hall–Kier alpha value is -0.890. The molecule has 0 aliphatic carbocycles. The molecular weight excluding hydrogens is 180 g/mol. The highest BCUT2D eigenvalue weighted by Gasteiger charge is 1.99. The molecule has 1 atom stereocenters. The molecule has 0 heterocycles. The maximum absolute atomic E-state index is 11.6. The Morgan fingerprint density at radius 2 is 1.92 bits per heavy atom. The third-order valence-electron chi connectivity index (χ3n) is 1.77. The SMILES string of the molecule is C/C=C/CS(=O)c1ccc(C)cc1. The van der Waals surface area contributed by atoms with Gasteiger partial charge in [-0.15, -0.1) is 0 Å². The number of hydrogen-bond donors (Lipinski definition) is 0. The van der Waals surface area contributed by atoms with Gasteiger partial charge in [0.25, 0.3) is 0 Å². The maximum atomic E-state index is 11.6. The third-order valence-corrected chi connectivity index (χ3v) is 3.06. The average molecular weight is 194 g/mol. The van der Waals surface area contributed by atoms with E-state index in [9.17, 15) is 4.21 Å². The topological polar surface area (TPSA) is 17.1 Å². The van der Waals surface area contributed by atoms with Gasteiger partial charge in [-0.1, -0.05) is 29.8 Å². The van der Waals surface area contributed by atoms with E-state index in [1.807, 2.05) is 50.3 Å². The molecule has 1 unspecified atom stereocenters. The summed E-state index contributed by atoms with van der Waals surface area (Å²) in [5.41, 5.74) is 1.20. The second-order valence-electron chi connectivity index (χ2n) is 2.89. The first-order valence-electron chi connectivity index (χ1n) is 4.30. The highest BCUT2D eigenvalue weighted by atomic mass is 32.2. The summed E-state index contributed by atoms with van der Waals surface area (Å²) in [6.07, 6.45) is 3.85. The lowest BCUT2D eigenvalue weighted by atomic mass is 10.2. The summed E-state index contributed by atoms with van der Waals surface area (Å²) < 4.78 is 11.6. The van der Waals surface area contributed by atoms with Gasteiger partial charge in [-0.05, 0) is 26.0 Å². The highest BCUT2D eigenvalue weighted by molar-refractivity contribution is 7.85. The summed E-state index contributed by atoms with van der Waals surface area (Å²) in [6.45, 7) is 3.96. The van der Waals surface area contributed by atoms with Crippen LogP contribution in [0.2, 0.25) is 0 Å². The van der Waals surface area contributed by atoms with Crippen molar-refractivity contribution in [1.29, 1.82) is 0 Å². The van der Waals surface area contributed by atoms with Gasteiger partial charge >= 0.3 is 0 Å². The van der Waals surface area contributed by atoms with E-state index in [1.165, 1.54) is 5.56 Å². The van der Waals surface area contributed by atoms with Crippen LogP contribution in [0.15, 0.2) is 41.3 Å². The minimum Gasteiger partial charge on any atom is -0.254 e. The zero-order chi connectivity index (χ0) is 9.68. The van der Waals surface area contributed by atoms with E-state index < -0.39 is 10.8 Å². The first kappa shape index (κ1) is 10.2. The summed E-state index contributed by atoms with van der Waals surface area (Å²) in [5, 5.41) is 0. The first-order chi connectivity index (χ1) is 6.24. The van der Waals surface area contributed by atoms with Crippen LogP contribution in [0.3, 0.4) is 0 Å². The molecule has 0 N–H and O–H groups in total. The van der Waals surface area contributed by atoms with Gasteiger partial charge in [-0.3, -0.25) is 4.21 Å². The van der Waals surface area contributed by atoms with E-state index in [1.54, 1.807) is 0 Å². The monoisotopic (exact) mass is 194 g/mol. The number of benzene rings is 1. The van der Waals surface area contributed by atoms with Crippen LogP contribution in [0.4, 0.5) is 0 Å². The van der Waals surface area contributed by atoms with Crippen molar-refractivity contribution >= 4 is 10.8 Å². The molecule has 0 saturated heterocycles. The van der Waals surface area contributed by atoms with E-state index in [4.69, 9.17) is 0 Å². The summed E-state index contributed by atoms with van der Waals surface area (Å²) in [5.74, 6) is 0.611. The zero-order valence-corrected chi connectivity index (χ0v) is 8.80. The van der Waals surface area contributed by atoms with Gasteiger partial charge in [0, 0.05) is 10.6 Å². The maximum Gasteiger partial charge on any atom is 0.0567 e. The number of aryl methyl sites for hydroxylation is 1. The molecular formula is C11H14OS. The van der Waals surface area contributed by atoms with Crippen LogP contribution in [-0.2, 0) is 10.8 Å². The molecule has 1 aromatic rings. The Kier molecular flexibility index (Phi) is 3.90. The molecule has 0 aliphatic rings. The Morgan fingerprint density at radius 3 is 2.46 bits per heavy atom. The second-order valence-corrected chi connectivity index (χ2v) is 4.39. The number of allylic oxidation sites excluding steroid dienone is 1. The Labute approximate surface area is 81.9 Å². The molecule has 1 nitrogen and oxygen atoms in total. The van der Waals surface area contributed by atoms with Crippen LogP contribution in [0.5, 0.6) is 0 Å². The molecule has 0 spiro atoms. The van der Waals surface area contributed by atoms with E-state index >= 15 is 0 Å². The highest BCUT2D eigenvalue weighted by Crippen LogP contribution is 2.08. The predicted molar refractivity (Wildman–Crippen MR) is 57.3 cm³/mol. The van der Waals surface area contributed by atoms with Crippen LogP contribution < -0.4 is 0 Å². The summed E-state index contributed by atoms with van der Waals surface area (Å²) >= 11 is 0. The molecule has 0 aromatic heterocycles. The molecule has 0 fully saturated rings. The van der Waals surface area contributed by atoms with Crippen molar-refractivity contribution in [3.05, 3.63) is 42.0 Å². The van der Waals surface area contributed by atoms with Gasteiger partial charge in [0.1, 0.15) is 0 Å². The van der Waals surface area contributed by atoms with Crippen molar-refractivity contribution in [2.75, 3.05) is 5.75 Å². The van der Waals surface area contributed by atoms with Gasteiger partial charge in [-0.25, -0.2) is 0 Å². The van der Waals surface area contributed by atoms with Crippen molar-refractivity contribution < 1.29 is 4.21 Å². The van der Waals surface area contributed by atoms with Gasteiger partial charge in [0.15, 0.2) is 0 Å². The lowest BCUT2D eigenvalue weighted by Crippen LogP contribution is -1.94. The van der Waals surface area contributed by atoms with Crippen LogP contribution in [0.1, 0.15) is 12.5 Å². The Morgan fingerprint density at radius 1 is 1.31 bits per heavy atom. The van der Waals surface area contributed by atoms with E-state index in [-0.39, 0.29) is 0 Å². The molecule has 2 heteroatoms. The van der Waals surface area contributed by atoms with Gasteiger partial charge in [-0.2, -0.15) is 0 Å². The summed E-state index contributed by atoms with van der Waals surface area (Å²) in [4.78, 5) is 0.906. The molecule has 1 aromatic carbocycles. The normalized spacial score (nSPS) is 13.4. The standard InChI is InChI=1S/C11H14OS/c1-3-4-9-13(12)11-7-5-10(2)6-8-11/h3-8H,9H2,1-2H3/b4-3+. The van der Waals surface area contributed by atoms with E-state index in [2.05, 4.69) is 0 Å². The van der Waals surface area contributed by atoms with Crippen molar-refractivity contribution in [3.8, 4) is 0 Å². The molecule has 70 valence electrons. The predicted octanol–water partition coefficient (Wildman–Crippen LogP) is 2.68. The molecule has 0 bridgehead atoms. The lowest BCUT2D eigenvalue weighted by molar-refractivity contribution is 0.685. The molecule has 0 radical (unpaired) electrons. The van der Waals surface area contributed by atoms with Gasteiger partial charge in [0.05, 0.1) is 10.8 Å². The average Bonchev–Trinajstić information content (AvgIpc) is 2.15. The van der Waals surface area contributed by atoms with Crippen LogP contribution >= 0.6 is 0 Å². The van der Waals surface area contributed by atoms with Crippen LogP contribution in [-0.4, -0.2) is 9.96 Å². The number of rotatable bonds is 3. The Bertz CT molecular complexity index is 311. The fourth-order valence-corrected chi connectivity index (χ4v) is 1.97. The lowest BCUT2D eigenvalue weighted by Gasteiger charge is -1.98. The van der Waals surface area contributed by atoms with E-state index in [0.717, 1.165) is 4.90 Å². The summed E-state index contributed by atoms with van der Waals surface area (Å²) in [7, 11) is -0.878. The molecule has 13 heavy (non-hydrogen) atoms. The van der Waals surface area contributed by atoms with Gasteiger partial charge < -0.3 is 0 Å². The summed E-state index contributed by atoms with van der Waals surface area (Å²) in [6, 6.07) is 7.83. The van der Waals surface area contributed by atoms with Crippen molar-refractivity contribution in [1.82, 2.24) is 0 Å². The van der Waals surface area contributed by atoms with Crippen molar-refractivity contribution in [2.24, 2.45) is 0 Å². The van der Waals surface area contributed by atoms with Crippen LogP contribution in [0.25, 0.3) is 0 Å². The second kappa shape index (κ2) is 4.97. The smallest absolute Gasteiger partial charge is 0.0567 e. The number of hydrogen-bond acceptors (Lipinski definition) is 1. The van der Waals surface area contributed by atoms with Gasteiger partial charge in [0.2, 0.25) is 0 Å². The fourth-order valence-electron chi connectivity index (χ4n) is 0.970. The quantitative estimate of drug-likeness (QED) is 0.676. The zero-order valence-electron chi connectivity index (χ0n) is 7.99. The molecule has 0 saturated carbocycles. The fraction of sp³-hybridized carbons (Fsp3) is 0.273. The van der Waals surface area contributed by atoms with Crippen molar-refractivity contribution in [3.63, 3.8) is 0 Å². The van der Waals surface area contributed by atoms with E-state index in [0.29, 0.717) is 5.75 Å². The largest absolute Gasteiger partial charge is 0.254 e. The first-order valence-corrected chi connectivity index (χ1v) is 5.62. The molecule has 0 aliphatic heterocycles. The molecule has 0 amide bonds. The minimum atomic E-state index is -0.878.